The zero-order chi connectivity index (χ0) is 18.5. The Hall–Kier alpha value is -2.37. The van der Waals surface area contributed by atoms with Gasteiger partial charge >= 0.3 is 5.69 Å². The van der Waals surface area contributed by atoms with Crippen LogP contribution < -0.4 is 11.0 Å². The number of hydrogen-bond donors (Lipinski definition) is 1. The third kappa shape index (κ3) is 4.42. The second kappa shape index (κ2) is 8.34. The van der Waals surface area contributed by atoms with Crippen molar-refractivity contribution in [1.82, 2.24) is 19.7 Å². The van der Waals surface area contributed by atoms with E-state index < -0.39 is 0 Å². The fourth-order valence-electron chi connectivity index (χ4n) is 3.54. The number of benzene rings is 1. The summed E-state index contributed by atoms with van der Waals surface area (Å²) in [6.45, 7) is 4.95. The summed E-state index contributed by atoms with van der Waals surface area (Å²) in [5, 5.41) is 7.48. The number of hydrogen-bond acceptors (Lipinski definition) is 3. The van der Waals surface area contributed by atoms with Crippen molar-refractivity contribution < 1.29 is 4.79 Å². The Morgan fingerprint density at radius 1 is 1.19 bits per heavy atom. The van der Waals surface area contributed by atoms with Gasteiger partial charge in [0, 0.05) is 13.0 Å². The van der Waals surface area contributed by atoms with Gasteiger partial charge in [0.15, 0.2) is 0 Å². The first-order valence-corrected chi connectivity index (χ1v) is 9.55. The van der Waals surface area contributed by atoms with Gasteiger partial charge in [-0.2, -0.15) is 5.10 Å². The molecule has 6 nitrogen and oxygen atoms in total. The van der Waals surface area contributed by atoms with Crippen molar-refractivity contribution in [3.05, 3.63) is 52.2 Å². The molecule has 0 saturated heterocycles. The number of nitrogens with one attached hydrogen (secondary N) is 1. The summed E-state index contributed by atoms with van der Waals surface area (Å²) < 4.78 is 3.04. The molecule has 0 bridgehead atoms. The number of carbonyl (C=O) groups excluding carboxylic acids is 1. The maximum absolute atomic E-state index is 12.6. The van der Waals surface area contributed by atoms with Crippen molar-refractivity contribution in [1.29, 1.82) is 0 Å². The van der Waals surface area contributed by atoms with E-state index in [9.17, 15) is 9.59 Å². The normalized spacial score (nSPS) is 15.3. The molecule has 1 amide bonds. The van der Waals surface area contributed by atoms with E-state index in [-0.39, 0.29) is 24.2 Å². The summed E-state index contributed by atoms with van der Waals surface area (Å²) >= 11 is 0. The fourth-order valence-corrected chi connectivity index (χ4v) is 3.54. The summed E-state index contributed by atoms with van der Waals surface area (Å²) in [7, 11) is 0. The molecular formula is C20H28N4O2. The van der Waals surface area contributed by atoms with Crippen LogP contribution in [0.15, 0.2) is 35.1 Å². The van der Waals surface area contributed by atoms with Crippen molar-refractivity contribution in [2.45, 2.75) is 65.1 Å². The van der Waals surface area contributed by atoms with E-state index in [0.717, 1.165) is 43.5 Å². The summed E-state index contributed by atoms with van der Waals surface area (Å²) in [5.74, 6) is 1.09. The number of aromatic nitrogens is 3. The average Bonchev–Trinajstić information content (AvgIpc) is 2.78. The highest BCUT2D eigenvalue weighted by Crippen LogP contribution is 2.21. The average molecular weight is 356 g/mol. The molecular weight excluding hydrogens is 328 g/mol. The van der Waals surface area contributed by atoms with E-state index in [2.05, 4.69) is 24.3 Å². The topological polar surface area (TPSA) is 68.9 Å². The van der Waals surface area contributed by atoms with E-state index in [1.165, 1.54) is 4.68 Å². The standard InChI is InChI=1S/C20H28N4O2/c1-15(2)13-17(16-9-5-3-6-10-16)21-19(25)14-24-20(26)23-12-8-4-7-11-18(23)22-24/h3,5-6,9-10,15,17H,4,7-8,11-14H2,1-2H3,(H,21,25)/t17-/m1/s1. The molecule has 0 radical (unpaired) electrons. The van der Waals surface area contributed by atoms with Gasteiger partial charge in [-0.1, -0.05) is 50.6 Å². The Labute approximate surface area is 154 Å². The number of rotatable bonds is 6. The van der Waals surface area contributed by atoms with Gasteiger partial charge in [0.2, 0.25) is 5.91 Å². The van der Waals surface area contributed by atoms with Crippen LogP contribution in [-0.2, 0) is 24.3 Å². The number of carbonyl (C=O) groups is 1. The van der Waals surface area contributed by atoms with Crippen molar-refractivity contribution >= 4 is 5.91 Å². The van der Waals surface area contributed by atoms with Gasteiger partial charge in [-0.25, -0.2) is 9.48 Å². The van der Waals surface area contributed by atoms with E-state index in [4.69, 9.17) is 0 Å². The molecule has 0 saturated carbocycles. The molecule has 2 aromatic rings. The Morgan fingerprint density at radius 2 is 1.96 bits per heavy atom. The van der Waals surface area contributed by atoms with Crippen molar-refractivity contribution in [2.75, 3.05) is 0 Å². The Balaban J connectivity index is 1.72. The molecule has 2 heterocycles. The lowest BCUT2D eigenvalue weighted by Gasteiger charge is -2.21. The highest BCUT2D eigenvalue weighted by Gasteiger charge is 2.20. The van der Waals surface area contributed by atoms with Crippen LogP contribution in [0.4, 0.5) is 0 Å². The van der Waals surface area contributed by atoms with Gasteiger partial charge in [0.25, 0.3) is 0 Å². The molecule has 3 rings (SSSR count). The summed E-state index contributed by atoms with van der Waals surface area (Å²) in [5.41, 5.74) is 0.916. The number of aryl methyl sites for hydroxylation is 1. The SMILES string of the molecule is CC(C)C[C@@H](NC(=O)Cn1nc2n(c1=O)CCCCC2)c1ccccc1. The van der Waals surface area contributed by atoms with E-state index in [1.807, 2.05) is 30.3 Å². The molecule has 140 valence electrons. The largest absolute Gasteiger partial charge is 0.348 e. The zero-order valence-corrected chi connectivity index (χ0v) is 15.6. The predicted molar refractivity (Wildman–Crippen MR) is 101 cm³/mol. The Bertz CT molecular complexity index is 792. The minimum atomic E-state index is -0.171. The third-order valence-corrected chi connectivity index (χ3v) is 4.82. The van der Waals surface area contributed by atoms with E-state index in [1.54, 1.807) is 4.57 Å². The molecule has 26 heavy (non-hydrogen) atoms. The molecule has 1 aromatic carbocycles. The maximum Gasteiger partial charge on any atom is 0.346 e. The smallest absolute Gasteiger partial charge is 0.346 e. The van der Waals surface area contributed by atoms with Crippen LogP contribution in [0.3, 0.4) is 0 Å². The van der Waals surface area contributed by atoms with Gasteiger partial charge in [-0.3, -0.25) is 9.36 Å². The number of amides is 1. The van der Waals surface area contributed by atoms with Crippen LogP contribution in [0, 0.1) is 5.92 Å². The molecule has 1 N–H and O–H groups in total. The van der Waals surface area contributed by atoms with Gasteiger partial charge in [-0.05, 0) is 30.7 Å². The van der Waals surface area contributed by atoms with Gasteiger partial charge in [0.05, 0.1) is 6.04 Å². The monoisotopic (exact) mass is 356 g/mol. The van der Waals surface area contributed by atoms with Crippen LogP contribution in [-0.4, -0.2) is 20.3 Å². The van der Waals surface area contributed by atoms with Crippen LogP contribution in [0.25, 0.3) is 0 Å². The number of fused-ring (bicyclic) bond motifs is 1. The molecule has 0 spiro atoms. The molecule has 0 fully saturated rings. The van der Waals surface area contributed by atoms with Crippen LogP contribution in [0.2, 0.25) is 0 Å². The molecule has 1 aliphatic heterocycles. The second-order valence-electron chi connectivity index (χ2n) is 7.48. The first kappa shape index (κ1) is 18.4. The maximum atomic E-state index is 12.6. The highest BCUT2D eigenvalue weighted by molar-refractivity contribution is 5.76. The second-order valence-corrected chi connectivity index (χ2v) is 7.48. The first-order chi connectivity index (χ1) is 12.5. The van der Waals surface area contributed by atoms with Crippen molar-refractivity contribution in [3.8, 4) is 0 Å². The molecule has 1 aromatic heterocycles. The quantitative estimate of drug-likeness (QED) is 0.865. The van der Waals surface area contributed by atoms with Crippen LogP contribution in [0.5, 0.6) is 0 Å². The Morgan fingerprint density at radius 3 is 2.69 bits per heavy atom. The highest BCUT2D eigenvalue weighted by atomic mass is 16.2. The van der Waals surface area contributed by atoms with Crippen LogP contribution >= 0.6 is 0 Å². The predicted octanol–water partition coefficient (Wildman–Crippen LogP) is 2.67. The lowest BCUT2D eigenvalue weighted by Crippen LogP contribution is -2.36. The molecule has 1 aliphatic rings. The molecule has 1 atom stereocenters. The van der Waals surface area contributed by atoms with Crippen LogP contribution in [0.1, 0.15) is 57.0 Å². The Kier molecular flexibility index (Phi) is 5.91. The van der Waals surface area contributed by atoms with Gasteiger partial charge < -0.3 is 5.32 Å². The number of nitrogens with zero attached hydrogens (tertiary/aromatic N) is 3. The molecule has 0 aliphatic carbocycles. The van der Waals surface area contributed by atoms with Gasteiger partial charge in [0.1, 0.15) is 12.4 Å². The zero-order valence-electron chi connectivity index (χ0n) is 15.6. The van der Waals surface area contributed by atoms with E-state index >= 15 is 0 Å². The summed E-state index contributed by atoms with van der Waals surface area (Å²) in [4.78, 5) is 25.1. The molecule has 6 heteroatoms. The third-order valence-electron chi connectivity index (χ3n) is 4.82. The van der Waals surface area contributed by atoms with Crippen molar-refractivity contribution in [3.63, 3.8) is 0 Å². The van der Waals surface area contributed by atoms with Crippen molar-refractivity contribution in [2.24, 2.45) is 5.92 Å². The fraction of sp³-hybridized carbons (Fsp3) is 0.550. The first-order valence-electron chi connectivity index (χ1n) is 9.55. The van der Waals surface area contributed by atoms with Gasteiger partial charge in [-0.15, -0.1) is 0 Å². The lowest BCUT2D eigenvalue weighted by molar-refractivity contribution is -0.122. The lowest BCUT2D eigenvalue weighted by atomic mass is 9.97. The summed E-state index contributed by atoms with van der Waals surface area (Å²) in [6, 6.07) is 9.92. The molecule has 0 unspecified atom stereocenters. The minimum Gasteiger partial charge on any atom is -0.348 e. The minimum absolute atomic E-state index is 0.0275. The summed E-state index contributed by atoms with van der Waals surface area (Å²) in [6.07, 6.45) is 4.83. The van der Waals surface area contributed by atoms with E-state index in [0.29, 0.717) is 12.5 Å².